The molecule has 0 amide bonds. The number of nitrogens with two attached hydrogens (primary N) is 1. The number of hydrogen-bond donors (Lipinski definition) is 1. The smallest absolute Gasteiger partial charge is 0.234 e. The molecule has 4 nitrogen and oxygen atoms in total. The van der Waals surface area contributed by atoms with Gasteiger partial charge in [0, 0.05) is 6.54 Å². The molecule has 0 radical (unpaired) electrons. The van der Waals surface area contributed by atoms with Crippen LogP contribution in [-0.2, 0) is 5.41 Å². The Hall–Kier alpha value is -0.550. The minimum Gasteiger partial charge on any atom is -0.339 e. The molecule has 1 aromatic rings. The molecule has 1 saturated heterocycles. The first kappa shape index (κ1) is 13.4. The highest BCUT2D eigenvalue weighted by Crippen LogP contribution is 2.41. The van der Waals surface area contributed by atoms with E-state index in [-0.39, 0.29) is 5.41 Å². The first-order valence-corrected chi connectivity index (χ1v) is 8.55. The summed E-state index contributed by atoms with van der Waals surface area (Å²) in [5, 5.41) is 4.68. The van der Waals surface area contributed by atoms with Crippen molar-refractivity contribution >= 4 is 11.8 Å². The molecule has 106 valence electrons. The van der Waals surface area contributed by atoms with Crippen LogP contribution in [0.4, 0.5) is 0 Å². The van der Waals surface area contributed by atoms with Crippen molar-refractivity contribution in [2.45, 2.75) is 62.0 Å². The van der Waals surface area contributed by atoms with E-state index in [0.717, 1.165) is 24.6 Å². The molecule has 5 heteroatoms. The van der Waals surface area contributed by atoms with Gasteiger partial charge in [-0.25, -0.2) is 0 Å². The van der Waals surface area contributed by atoms with Gasteiger partial charge in [0.15, 0.2) is 5.82 Å². The topological polar surface area (TPSA) is 64.9 Å². The van der Waals surface area contributed by atoms with Crippen molar-refractivity contribution in [3.05, 3.63) is 11.7 Å². The number of aromatic nitrogens is 2. The van der Waals surface area contributed by atoms with Crippen LogP contribution in [0.1, 0.15) is 68.3 Å². The quantitative estimate of drug-likeness (QED) is 0.862. The summed E-state index contributed by atoms with van der Waals surface area (Å²) in [6.07, 6.45) is 9.72. The lowest BCUT2D eigenvalue weighted by Crippen LogP contribution is -2.35. The van der Waals surface area contributed by atoms with Crippen LogP contribution >= 0.6 is 11.8 Å². The lowest BCUT2D eigenvalue weighted by atomic mass is 9.80. The SMILES string of the molecule is NCC1(c2nc(C3CCCS3)no2)CCCCCC1. The van der Waals surface area contributed by atoms with E-state index in [1.807, 2.05) is 11.8 Å². The molecule has 1 atom stereocenters. The van der Waals surface area contributed by atoms with Crippen LogP contribution < -0.4 is 5.73 Å². The molecule has 1 unspecified atom stereocenters. The van der Waals surface area contributed by atoms with Crippen LogP contribution in [0.3, 0.4) is 0 Å². The Bertz CT molecular complexity index is 407. The molecule has 0 aromatic carbocycles. The van der Waals surface area contributed by atoms with Crippen molar-refractivity contribution in [3.63, 3.8) is 0 Å². The normalized spacial score (nSPS) is 27.3. The van der Waals surface area contributed by atoms with E-state index in [9.17, 15) is 0 Å². The minimum atomic E-state index is -0.0506. The molecule has 1 saturated carbocycles. The van der Waals surface area contributed by atoms with E-state index in [2.05, 4.69) is 5.16 Å². The summed E-state index contributed by atoms with van der Waals surface area (Å²) in [5.41, 5.74) is 6.02. The van der Waals surface area contributed by atoms with Gasteiger partial charge >= 0.3 is 0 Å². The molecule has 2 heterocycles. The molecule has 2 fully saturated rings. The fourth-order valence-electron chi connectivity index (χ4n) is 3.27. The third-order valence-corrected chi connectivity index (χ3v) is 5.94. The van der Waals surface area contributed by atoms with Gasteiger partial charge in [-0.05, 0) is 31.4 Å². The number of hydrogen-bond acceptors (Lipinski definition) is 5. The molecule has 3 rings (SSSR count). The van der Waals surface area contributed by atoms with Gasteiger partial charge in [-0.2, -0.15) is 16.7 Å². The van der Waals surface area contributed by atoms with Crippen molar-refractivity contribution in [3.8, 4) is 0 Å². The minimum absolute atomic E-state index is 0.0506. The molecular weight excluding hydrogens is 258 g/mol. The fraction of sp³-hybridized carbons (Fsp3) is 0.857. The first-order valence-electron chi connectivity index (χ1n) is 7.50. The Kier molecular flexibility index (Phi) is 4.12. The summed E-state index contributed by atoms with van der Waals surface area (Å²) in [7, 11) is 0. The Morgan fingerprint density at radius 3 is 2.63 bits per heavy atom. The Morgan fingerprint density at radius 1 is 1.21 bits per heavy atom. The maximum atomic E-state index is 6.07. The lowest BCUT2D eigenvalue weighted by Gasteiger charge is -2.26. The number of rotatable bonds is 3. The molecule has 0 bridgehead atoms. The van der Waals surface area contributed by atoms with E-state index >= 15 is 0 Å². The molecule has 1 aromatic heterocycles. The molecule has 1 aliphatic carbocycles. The standard InChI is InChI=1S/C14H23N3OS/c15-10-14(7-3-1-2-4-8-14)13-16-12(17-18-13)11-6-5-9-19-11/h11H,1-10,15H2. The van der Waals surface area contributed by atoms with Crippen LogP contribution in [0, 0.1) is 0 Å². The zero-order valence-corrected chi connectivity index (χ0v) is 12.3. The van der Waals surface area contributed by atoms with Crippen LogP contribution in [-0.4, -0.2) is 22.4 Å². The summed E-state index contributed by atoms with van der Waals surface area (Å²) in [6, 6.07) is 0. The van der Waals surface area contributed by atoms with Crippen LogP contribution in [0.2, 0.25) is 0 Å². The van der Waals surface area contributed by atoms with Crippen LogP contribution in [0.5, 0.6) is 0 Å². The van der Waals surface area contributed by atoms with Crippen molar-refractivity contribution in [2.24, 2.45) is 5.73 Å². The lowest BCUT2D eigenvalue weighted by molar-refractivity contribution is 0.256. The fourth-order valence-corrected chi connectivity index (χ4v) is 4.47. The molecular formula is C14H23N3OS. The summed E-state index contributed by atoms with van der Waals surface area (Å²) in [6.45, 7) is 0.631. The number of nitrogens with zero attached hydrogens (tertiary/aromatic N) is 2. The summed E-state index contributed by atoms with van der Waals surface area (Å²) in [4.78, 5) is 4.72. The third kappa shape index (κ3) is 2.68. The largest absolute Gasteiger partial charge is 0.339 e. The monoisotopic (exact) mass is 281 g/mol. The van der Waals surface area contributed by atoms with Gasteiger partial charge in [-0.1, -0.05) is 30.8 Å². The average molecular weight is 281 g/mol. The molecule has 2 aliphatic rings. The first-order chi connectivity index (χ1) is 9.34. The highest BCUT2D eigenvalue weighted by Gasteiger charge is 2.38. The van der Waals surface area contributed by atoms with Crippen LogP contribution in [0.15, 0.2) is 4.52 Å². The van der Waals surface area contributed by atoms with Gasteiger partial charge in [0.2, 0.25) is 5.89 Å². The van der Waals surface area contributed by atoms with Gasteiger partial charge in [0.25, 0.3) is 0 Å². The maximum absolute atomic E-state index is 6.07. The number of thioether (sulfide) groups is 1. The van der Waals surface area contributed by atoms with Gasteiger partial charge in [0.1, 0.15) is 0 Å². The average Bonchev–Trinajstić information content (AvgIpc) is 3.06. The van der Waals surface area contributed by atoms with Gasteiger partial charge in [0.05, 0.1) is 10.7 Å². The molecule has 2 N–H and O–H groups in total. The van der Waals surface area contributed by atoms with E-state index in [4.69, 9.17) is 15.2 Å². The summed E-state index contributed by atoms with van der Waals surface area (Å²) in [5.74, 6) is 2.92. The zero-order chi connectivity index (χ0) is 13.1. The second-order valence-electron chi connectivity index (χ2n) is 5.86. The van der Waals surface area contributed by atoms with E-state index < -0.39 is 0 Å². The zero-order valence-electron chi connectivity index (χ0n) is 11.4. The van der Waals surface area contributed by atoms with Crippen LogP contribution in [0.25, 0.3) is 0 Å². The van der Waals surface area contributed by atoms with Crippen molar-refractivity contribution in [2.75, 3.05) is 12.3 Å². The second kappa shape index (κ2) is 5.83. The van der Waals surface area contributed by atoms with Gasteiger partial charge in [-0.3, -0.25) is 0 Å². The molecule has 19 heavy (non-hydrogen) atoms. The predicted octanol–water partition coefficient (Wildman–Crippen LogP) is 3.19. The second-order valence-corrected chi connectivity index (χ2v) is 7.17. The van der Waals surface area contributed by atoms with E-state index in [0.29, 0.717) is 11.8 Å². The van der Waals surface area contributed by atoms with Gasteiger partial charge < -0.3 is 10.3 Å². The Morgan fingerprint density at radius 2 is 2.00 bits per heavy atom. The Balaban J connectivity index is 1.82. The van der Waals surface area contributed by atoms with E-state index in [1.54, 1.807) is 0 Å². The van der Waals surface area contributed by atoms with Crippen molar-refractivity contribution in [1.29, 1.82) is 0 Å². The highest BCUT2D eigenvalue weighted by atomic mass is 32.2. The third-order valence-electron chi connectivity index (χ3n) is 4.56. The summed E-state index contributed by atoms with van der Waals surface area (Å²) >= 11 is 1.95. The van der Waals surface area contributed by atoms with Gasteiger partial charge in [-0.15, -0.1) is 0 Å². The Labute approximate surface area is 118 Å². The maximum Gasteiger partial charge on any atom is 0.234 e. The molecule has 1 aliphatic heterocycles. The van der Waals surface area contributed by atoms with Crippen molar-refractivity contribution < 1.29 is 4.52 Å². The molecule has 0 spiro atoms. The van der Waals surface area contributed by atoms with Crippen molar-refractivity contribution in [1.82, 2.24) is 10.1 Å². The highest BCUT2D eigenvalue weighted by molar-refractivity contribution is 7.99. The summed E-state index contributed by atoms with van der Waals surface area (Å²) < 4.78 is 5.61. The van der Waals surface area contributed by atoms with E-state index in [1.165, 1.54) is 44.3 Å². The predicted molar refractivity (Wildman–Crippen MR) is 77.2 cm³/mol.